The van der Waals surface area contributed by atoms with E-state index in [4.69, 9.17) is 10.5 Å². The van der Waals surface area contributed by atoms with Crippen molar-refractivity contribution in [2.75, 3.05) is 45.9 Å². The first-order valence-electron chi connectivity index (χ1n) is 7.00. The Bertz CT molecular complexity index is 240. The van der Waals surface area contributed by atoms with Crippen LogP contribution in [0.15, 0.2) is 0 Å². The second-order valence-electron chi connectivity index (χ2n) is 4.78. The van der Waals surface area contributed by atoms with Crippen LogP contribution in [0.2, 0.25) is 0 Å². The number of carbonyl (C=O) groups excluding carboxylic acids is 1. The highest BCUT2D eigenvalue weighted by Crippen LogP contribution is 2.08. The molecule has 2 N–H and O–H groups in total. The number of carbonyl (C=O) groups is 1. The van der Waals surface area contributed by atoms with E-state index in [2.05, 4.69) is 4.90 Å². The maximum Gasteiger partial charge on any atom is 0.236 e. The molecule has 0 atom stereocenters. The number of ether oxygens (including phenoxy) is 1. The summed E-state index contributed by atoms with van der Waals surface area (Å²) >= 11 is 0. The van der Waals surface area contributed by atoms with Crippen LogP contribution < -0.4 is 5.73 Å². The Morgan fingerprint density at radius 3 is 2.61 bits per heavy atom. The quantitative estimate of drug-likeness (QED) is 0.666. The van der Waals surface area contributed by atoms with Gasteiger partial charge in [0.2, 0.25) is 5.91 Å². The number of nitrogens with two attached hydrogens (primary N) is 1. The molecule has 1 amide bonds. The van der Waals surface area contributed by atoms with Crippen LogP contribution in [0.3, 0.4) is 0 Å². The van der Waals surface area contributed by atoms with Crippen molar-refractivity contribution < 1.29 is 9.53 Å². The standard InChI is InChI=1S/C13H27N3O2/c1-3-16(9-10-18-4-2)13(17)11-15-7-5-12(14)6-8-15/h12H,3-11,14H2,1-2H3. The minimum absolute atomic E-state index is 0.202. The molecule has 0 bridgehead atoms. The van der Waals surface area contributed by atoms with Crippen LogP contribution in [0.4, 0.5) is 0 Å². The van der Waals surface area contributed by atoms with Gasteiger partial charge < -0.3 is 15.4 Å². The number of likely N-dealkylation sites (N-methyl/N-ethyl adjacent to an activating group) is 1. The summed E-state index contributed by atoms with van der Waals surface area (Å²) in [6.07, 6.45) is 2.00. The van der Waals surface area contributed by atoms with Gasteiger partial charge in [-0.05, 0) is 26.7 Å². The lowest BCUT2D eigenvalue weighted by Crippen LogP contribution is -2.46. The van der Waals surface area contributed by atoms with Gasteiger partial charge in [0.15, 0.2) is 0 Å². The summed E-state index contributed by atoms with van der Waals surface area (Å²) in [4.78, 5) is 16.2. The van der Waals surface area contributed by atoms with Crippen molar-refractivity contribution in [3.05, 3.63) is 0 Å². The third kappa shape index (κ3) is 5.33. The average molecular weight is 257 g/mol. The summed E-state index contributed by atoms with van der Waals surface area (Å²) < 4.78 is 5.30. The lowest BCUT2D eigenvalue weighted by Gasteiger charge is -2.31. The Balaban J connectivity index is 2.28. The molecule has 0 radical (unpaired) electrons. The minimum Gasteiger partial charge on any atom is -0.380 e. The van der Waals surface area contributed by atoms with Crippen molar-refractivity contribution in [3.8, 4) is 0 Å². The van der Waals surface area contributed by atoms with E-state index in [1.54, 1.807) is 0 Å². The summed E-state index contributed by atoms with van der Waals surface area (Å²) in [6, 6.07) is 0.316. The van der Waals surface area contributed by atoms with Crippen LogP contribution in [0.25, 0.3) is 0 Å². The fourth-order valence-corrected chi connectivity index (χ4v) is 2.18. The second kappa shape index (κ2) is 8.45. The highest BCUT2D eigenvalue weighted by atomic mass is 16.5. The first-order chi connectivity index (χ1) is 8.67. The Morgan fingerprint density at radius 1 is 1.39 bits per heavy atom. The maximum atomic E-state index is 12.1. The molecule has 0 spiro atoms. The van der Waals surface area contributed by atoms with Crippen LogP contribution in [-0.4, -0.2) is 67.7 Å². The highest BCUT2D eigenvalue weighted by Gasteiger charge is 2.20. The van der Waals surface area contributed by atoms with Crippen molar-refractivity contribution >= 4 is 5.91 Å². The third-order valence-corrected chi connectivity index (χ3v) is 3.44. The van der Waals surface area contributed by atoms with E-state index in [1.807, 2.05) is 18.7 Å². The SMILES string of the molecule is CCOCCN(CC)C(=O)CN1CCC(N)CC1. The van der Waals surface area contributed by atoms with E-state index < -0.39 is 0 Å². The van der Waals surface area contributed by atoms with Gasteiger partial charge in [0.25, 0.3) is 0 Å². The maximum absolute atomic E-state index is 12.1. The molecule has 0 unspecified atom stereocenters. The molecule has 1 rings (SSSR count). The van der Waals surface area contributed by atoms with Gasteiger partial charge in [0, 0.05) is 38.8 Å². The molecule has 18 heavy (non-hydrogen) atoms. The van der Waals surface area contributed by atoms with Crippen LogP contribution in [0, 0.1) is 0 Å². The zero-order chi connectivity index (χ0) is 13.4. The highest BCUT2D eigenvalue weighted by molar-refractivity contribution is 5.78. The molecule has 0 aromatic rings. The molecule has 106 valence electrons. The second-order valence-corrected chi connectivity index (χ2v) is 4.78. The lowest BCUT2D eigenvalue weighted by atomic mass is 10.1. The molecule has 1 aliphatic heterocycles. The van der Waals surface area contributed by atoms with Gasteiger partial charge in [0.1, 0.15) is 0 Å². The van der Waals surface area contributed by atoms with Crippen molar-refractivity contribution in [3.63, 3.8) is 0 Å². The minimum atomic E-state index is 0.202. The summed E-state index contributed by atoms with van der Waals surface area (Å²) in [5, 5.41) is 0. The molecule has 1 saturated heterocycles. The Hall–Kier alpha value is -0.650. The van der Waals surface area contributed by atoms with E-state index >= 15 is 0 Å². The van der Waals surface area contributed by atoms with Crippen molar-refractivity contribution in [2.45, 2.75) is 32.7 Å². The molecule has 0 aliphatic carbocycles. The average Bonchev–Trinajstić information content (AvgIpc) is 2.37. The Kier molecular flexibility index (Phi) is 7.23. The summed E-state index contributed by atoms with van der Waals surface area (Å²) in [5.41, 5.74) is 5.86. The van der Waals surface area contributed by atoms with E-state index in [-0.39, 0.29) is 5.91 Å². The summed E-state index contributed by atoms with van der Waals surface area (Å²) in [6.45, 7) is 9.15. The normalized spacial score (nSPS) is 17.9. The molecule has 0 saturated carbocycles. The topological polar surface area (TPSA) is 58.8 Å². The van der Waals surface area contributed by atoms with E-state index in [9.17, 15) is 4.79 Å². The number of hydrogen-bond acceptors (Lipinski definition) is 4. The molecule has 1 fully saturated rings. The van der Waals surface area contributed by atoms with Crippen LogP contribution in [0.5, 0.6) is 0 Å². The molecule has 0 aromatic heterocycles. The van der Waals surface area contributed by atoms with Gasteiger partial charge in [-0.1, -0.05) is 0 Å². The number of amides is 1. The van der Waals surface area contributed by atoms with E-state index in [0.717, 1.165) is 32.5 Å². The van der Waals surface area contributed by atoms with E-state index in [0.29, 0.717) is 32.3 Å². The number of piperidine rings is 1. The number of hydrogen-bond donors (Lipinski definition) is 1. The first kappa shape index (κ1) is 15.4. The van der Waals surface area contributed by atoms with Gasteiger partial charge in [-0.3, -0.25) is 9.69 Å². The van der Waals surface area contributed by atoms with Gasteiger partial charge >= 0.3 is 0 Å². The van der Waals surface area contributed by atoms with Gasteiger partial charge in [-0.15, -0.1) is 0 Å². The van der Waals surface area contributed by atoms with Crippen LogP contribution in [-0.2, 0) is 9.53 Å². The molecular weight excluding hydrogens is 230 g/mol. The largest absolute Gasteiger partial charge is 0.380 e. The summed E-state index contributed by atoms with van der Waals surface area (Å²) in [7, 11) is 0. The Labute approximate surface area is 110 Å². The van der Waals surface area contributed by atoms with Crippen molar-refractivity contribution in [1.82, 2.24) is 9.80 Å². The van der Waals surface area contributed by atoms with E-state index in [1.165, 1.54) is 0 Å². The summed E-state index contributed by atoms with van der Waals surface area (Å²) in [5.74, 6) is 0.202. The van der Waals surface area contributed by atoms with Crippen molar-refractivity contribution in [2.24, 2.45) is 5.73 Å². The molecule has 1 heterocycles. The smallest absolute Gasteiger partial charge is 0.236 e. The number of likely N-dealkylation sites (tertiary alicyclic amines) is 1. The van der Waals surface area contributed by atoms with Crippen LogP contribution in [0.1, 0.15) is 26.7 Å². The third-order valence-electron chi connectivity index (χ3n) is 3.44. The molecule has 5 nitrogen and oxygen atoms in total. The van der Waals surface area contributed by atoms with Crippen LogP contribution >= 0.6 is 0 Å². The zero-order valence-electron chi connectivity index (χ0n) is 11.7. The van der Waals surface area contributed by atoms with Gasteiger partial charge in [0.05, 0.1) is 13.2 Å². The predicted molar refractivity (Wildman–Crippen MR) is 72.4 cm³/mol. The molecule has 0 aromatic carbocycles. The zero-order valence-corrected chi connectivity index (χ0v) is 11.7. The van der Waals surface area contributed by atoms with Crippen molar-refractivity contribution in [1.29, 1.82) is 0 Å². The molecular formula is C13H27N3O2. The number of nitrogens with zero attached hydrogens (tertiary/aromatic N) is 2. The van der Waals surface area contributed by atoms with Gasteiger partial charge in [-0.25, -0.2) is 0 Å². The monoisotopic (exact) mass is 257 g/mol. The first-order valence-corrected chi connectivity index (χ1v) is 7.00. The fraction of sp³-hybridized carbons (Fsp3) is 0.923. The lowest BCUT2D eigenvalue weighted by molar-refractivity contribution is -0.133. The molecule has 1 aliphatic rings. The predicted octanol–water partition coefficient (Wildman–Crippen LogP) is 0.295. The number of rotatable bonds is 7. The Morgan fingerprint density at radius 2 is 2.06 bits per heavy atom. The molecule has 5 heteroatoms. The van der Waals surface area contributed by atoms with Gasteiger partial charge in [-0.2, -0.15) is 0 Å². The fourth-order valence-electron chi connectivity index (χ4n) is 2.18.